The zero-order chi connectivity index (χ0) is 14.6. The van der Waals surface area contributed by atoms with E-state index in [4.69, 9.17) is 16.3 Å². The van der Waals surface area contributed by atoms with Gasteiger partial charge in [-0.25, -0.2) is 0 Å². The Bertz CT molecular complexity index is 433. The van der Waals surface area contributed by atoms with Crippen LogP contribution in [0.15, 0.2) is 17.5 Å². The molecule has 0 spiro atoms. The molecule has 1 saturated heterocycles. The van der Waals surface area contributed by atoms with Gasteiger partial charge in [0.1, 0.15) is 0 Å². The van der Waals surface area contributed by atoms with Crippen LogP contribution in [0, 0.1) is 0 Å². The van der Waals surface area contributed by atoms with Crippen molar-refractivity contribution < 1.29 is 9.53 Å². The summed E-state index contributed by atoms with van der Waals surface area (Å²) in [5.41, 5.74) is -0.304. The molecule has 1 aromatic heterocycles. The number of rotatable bonds is 5. The molecular formula is C15H22ClNO2S. The summed E-state index contributed by atoms with van der Waals surface area (Å²) >= 11 is 7.64. The zero-order valence-electron chi connectivity index (χ0n) is 12.1. The van der Waals surface area contributed by atoms with Gasteiger partial charge >= 0.3 is 0 Å². The minimum absolute atomic E-state index is 0.0540. The highest BCUT2D eigenvalue weighted by Gasteiger charge is 2.34. The van der Waals surface area contributed by atoms with Crippen LogP contribution >= 0.6 is 22.9 Å². The minimum Gasteiger partial charge on any atom is -0.367 e. The number of amides is 1. The molecule has 1 aliphatic heterocycles. The van der Waals surface area contributed by atoms with Gasteiger partial charge in [0.15, 0.2) is 0 Å². The van der Waals surface area contributed by atoms with Crippen molar-refractivity contribution in [1.82, 2.24) is 4.90 Å². The standard InChI is InChI=1S/C15H22ClNO2S/c1-15(2)11-17(10-12(9-16)19-15)14(18)7-3-5-13-6-4-8-20-13/h4,6,8,12H,3,5,7,9-11H2,1-2H3. The van der Waals surface area contributed by atoms with Gasteiger partial charge in [-0.3, -0.25) is 4.79 Å². The van der Waals surface area contributed by atoms with Crippen LogP contribution in [0.2, 0.25) is 0 Å². The fraction of sp³-hybridized carbons (Fsp3) is 0.667. The molecule has 2 rings (SSSR count). The number of thiophene rings is 1. The summed E-state index contributed by atoms with van der Waals surface area (Å²) < 4.78 is 5.84. The van der Waals surface area contributed by atoms with Crippen molar-refractivity contribution in [3.63, 3.8) is 0 Å². The fourth-order valence-corrected chi connectivity index (χ4v) is 3.50. The Balaban J connectivity index is 1.81. The third-order valence-electron chi connectivity index (χ3n) is 3.40. The highest BCUT2D eigenvalue weighted by Crippen LogP contribution is 2.22. The second kappa shape index (κ2) is 6.92. The number of nitrogens with zero attached hydrogens (tertiary/aromatic N) is 1. The minimum atomic E-state index is -0.304. The predicted octanol–water partition coefficient (Wildman–Crippen LogP) is 3.32. The Kier molecular flexibility index (Phi) is 5.47. The van der Waals surface area contributed by atoms with Gasteiger partial charge in [-0.1, -0.05) is 6.07 Å². The first-order chi connectivity index (χ1) is 9.50. The topological polar surface area (TPSA) is 29.5 Å². The molecule has 1 aromatic rings. The van der Waals surface area contributed by atoms with E-state index in [1.807, 2.05) is 18.7 Å². The molecule has 0 aromatic carbocycles. The van der Waals surface area contributed by atoms with Crippen molar-refractivity contribution in [2.75, 3.05) is 19.0 Å². The van der Waals surface area contributed by atoms with Crippen LogP contribution in [0.1, 0.15) is 31.6 Å². The monoisotopic (exact) mass is 315 g/mol. The zero-order valence-corrected chi connectivity index (χ0v) is 13.7. The number of aryl methyl sites for hydroxylation is 1. The third kappa shape index (κ3) is 4.47. The number of morpholine rings is 1. The average Bonchev–Trinajstić information content (AvgIpc) is 2.89. The molecule has 20 heavy (non-hydrogen) atoms. The van der Waals surface area contributed by atoms with E-state index >= 15 is 0 Å². The predicted molar refractivity (Wildman–Crippen MR) is 83.5 cm³/mol. The highest BCUT2D eigenvalue weighted by atomic mass is 35.5. The number of hydrogen-bond donors (Lipinski definition) is 0. The Morgan fingerprint density at radius 3 is 3.05 bits per heavy atom. The smallest absolute Gasteiger partial charge is 0.222 e. The maximum atomic E-state index is 12.3. The van der Waals surface area contributed by atoms with Gasteiger partial charge in [-0.15, -0.1) is 22.9 Å². The molecule has 5 heteroatoms. The molecule has 0 aliphatic carbocycles. The number of carbonyl (C=O) groups is 1. The Labute approximate surface area is 129 Å². The number of ether oxygens (including phenoxy) is 1. The lowest BCUT2D eigenvalue weighted by atomic mass is 10.0. The van der Waals surface area contributed by atoms with Crippen LogP contribution < -0.4 is 0 Å². The van der Waals surface area contributed by atoms with E-state index < -0.39 is 0 Å². The van der Waals surface area contributed by atoms with Crippen LogP contribution in [-0.4, -0.2) is 41.5 Å². The first kappa shape index (κ1) is 15.8. The van der Waals surface area contributed by atoms with E-state index in [1.165, 1.54) is 4.88 Å². The Morgan fingerprint density at radius 2 is 2.40 bits per heavy atom. The van der Waals surface area contributed by atoms with Crippen LogP contribution in [0.4, 0.5) is 0 Å². The maximum Gasteiger partial charge on any atom is 0.222 e. The first-order valence-electron chi connectivity index (χ1n) is 7.04. The van der Waals surface area contributed by atoms with Gasteiger partial charge in [0, 0.05) is 24.4 Å². The second-order valence-corrected chi connectivity index (χ2v) is 7.20. The van der Waals surface area contributed by atoms with Crippen LogP contribution in [0.25, 0.3) is 0 Å². The number of carbonyl (C=O) groups excluding carboxylic acids is 1. The summed E-state index contributed by atoms with van der Waals surface area (Å²) in [5, 5.41) is 2.08. The van der Waals surface area contributed by atoms with E-state index in [0.29, 0.717) is 25.4 Å². The van der Waals surface area contributed by atoms with E-state index in [1.54, 1.807) is 11.3 Å². The molecular weight excluding hydrogens is 294 g/mol. The summed E-state index contributed by atoms with van der Waals surface area (Å²) in [6.45, 7) is 5.29. The SMILES string of the molecule is CC1(C)CN(C(=O)CCCc2cccs2)CC(CCl)O1. The third-order valence-corrected chi connectivity index (χ3v) is 4.68. The molecule has 1 fully saturated rings. The van der Waals surface area contributed by atoms with Crippen molar-refractivity contribution >= 4 is 28.8 Å². The number of halogens is 1. The molecule has 0 bridgehead atoms. The van der Waals surface area contributed by atoms with Crippen molar-refractivity contribution in [2.45, 2.75) is 44.8 Å². The number of hydrogen-bond acceptors (Lipinski definition) is 3. The van der Waals surface area contributed by atoms with Crippen molar-refractivity contribution in [1.29, 1.82) is 0 Å². The lowest BCUT2D eigenvalue weighted by Crippen LogP contribution is -2.55. The summed E-state index contributed by atoms with van der Waals surface area (Å²) in [6, 6.07) is 4.17. The van der Waals surface area contributed by atoms with E-state index in [-0.39, 0.29) is 17.6 Å². The van der Waals surface area contributed by atoms with Crippen LogP contribution in [0.5, 0.6) is 0 Å². The van der Waals surface area contributed by atoms with Gasteiger partial charge in [0.2, 0.25) is 5.91 Å². The molecule has 112 valence electrons. The lowest BCUT2D eigenvalue weighted by Gasteiger charge is -2.42. The molecule has 1 amide bonds. The summed E-state index contributed by atoms with van der Waals surface area (Å²) in [7, 11) is 0. The first-order valence-corrected chi connectivity index (χ1v) is 8.45. The molecule has 1 atom stereocenters. The van der Waals surface area contributed by atoms with Gasteiger partial charge in [0.05, 0.1) is 17.6 Å². The summed E-state index contributed by atoms with van der Waals surface area (Å²) in [4.78, 5) is 15.6. The van der Waals surface area contributed by atoms with Gasteiger partial charge in [-0.2, -0.15) is 0 Å². The van der Waals surface area contributed by atoms with Gasteiger partial charge < -0.3 is 9.64 Å². The molecule has 0 radical (unpaired) electrons. The maximum absolute atomic E-state index is 12.3. The van der Waals surface area contributed by atoms with Crippen molar-refractivity contribution in [2.24, 2.45) is 0 Å². The Hall–Kier alpha value is -0.580. The number of alkyl halides is 1. The van der Waals surface area contributed by atoms with E-state index in [9.17, 15) is 4.79 Å². The highest BCUT2D eigenvalue weighted by molar-refractivity contribution is 7.09. The van der Waals surface area contributed by atoms with Gasteiger partial charge in [0.25, 0.3) is 0 Å². The molecule has 3 nitrogen and oxygen atoms in total. The van der Waals surface area contributed by atoms with E-state index in [0.717, 1.165) is 12.8 Å². The Morgan fingerprint density at radius 1 is 1.60 bits per heavy atom. The quantitative estimate of drug-likeness (QED) is 0.780. The van der Waals surface area contributed by atoms with Crippen LogP contribution in [0.3, 0.4) is 0 Å². The molecule has 2 heterocycles. The lowest BCUT2D eigenvalue weighted by molar-refractivity contribution is -0.157. The van der Waals surface area contributed by atoms with Crippen molar-refractivity contribution in [3.8, 4) is 0 Å². The van der Waals surface area contributed by atoms with Crippen LogP contribution in [-0.2, 0) is 16.0 Å². The summed E-state index contributed by atoms with van der Waals surface area (Å²) in [6.07, 6.45) is 2.43. The van der Waals surface area contributed by atoms with Crippen molar-refractivity contribution in [3.05, 3.63) is 22.4 Å². The average molecular weight is 316 g/mol. The summed E-state index contributed by atoms with van der Waals surface area (Å²) in [5.74, 6) is 0.649. The fourth-order valence-electron chi connectivity index (χ4n) is 2.59. The van der Waals surface area contributed by atoms with Gasteiger partial charge in [-0.05, 0) is 38.1 Å². The largest absolute Gasteiger partial charge is 0.367 e. The molecule has 1 aliphatic rings. The normalized spacial score (nSPS) is 21.9. The molecule has 0 saturated carbocycles. The molecule has 1 unspecified atom stereocenters. The second-order valence-electron chi connectivity index (χ2n) is 5.86. The molecule has 0 N–H and O–H groups in total. The van der Waals surface area contributed by atoms with E-state index in [2.05, 4.69) is 17.5 Å².